The summed E-state index contributed by atoms with van der Waals surface area (Å²) in [5.74, 6) is -0.274. The lowest BCUT2D eigenvalue weighted by Crippen LogP contribution is -2.39. The van der Waals surface area contributed by atoms with Crippen LogP contribution in [0.3, 0.4) is 0 Å². The van der Waals surface area contributed by atoms with E-state index >= 15 is 0 Å². The topological polar surface area (TPSA) is 54.3 Å². The van der Waals surface area contributed by atoms with Crippen molar-refractivity contribution in [2.45, 2.75) is 32.1 Å². The summed E-state index contributed by atoms with van der Waals surface area (Å²) in [6.07, 6.45) is 1.54. The average molecular weight is 413 g/mol. The summed E-state index contributed by atoms with van der Waals surface area (Å²) in [5.41, 5.74) is 4.02. The number of oxime groups is 1. The number of halogens is 1. The van der Waals surface area contributed by atoms with Gasteiger partial charge in [-0.25, -0.2) is 4.39 Å². The first-order valence-electron chi connectivity index (χ1n) is 10.2. The molecule has 0 saturated carbocycles. The summed E-state index contributed by atoms with van der Waals surface area (Å²) < 4.78 is 19.0. The van der Waals surface area contributed by atoms with E-state index in [0.29, 0.717) is 32.7 Å². The van der Waals surface area contributed by atoms with Gasteiger partial charge >= 0.3 is 0 Å². The SMILES string of the molecule is C=CCOC[C@@H](O)CN(Cc1cccc(F)c1)C[C@@H]1CC(c2ccccc2C)=NO1. The number of nitrogens with zero attached hydrogens (tertiary/aromatic N) is 2. The third-order valence-corrected chi connectivity index (χ3v) is 4.96. The van der Waals surface area contributed by atoms with Crippen LogP contribution in [-0.4, -0.2) is 54.2 Å². The fraction of sp³-hybridized carbons (Fsp3) is 0.375. The van der Waals surface area contributed by atoms with Gasteiger partial charge in [0.1, 0.15) is 11.9 Å². The molecule has 160 valence electrons. The van der Waals surface area contributed by atoms with E-state index in [0.717, 1.165) is 22.4 Å². The zero-order valence-electron chi connectivity index (χ0n) is 17.3. The van der Waals surface area contributed by atoms with Gasteiger partial charge < -0.3 is 14.7 Å². The predicted molar refractivity (Wildman–Crippen MR) is 116 cm³/mol. The van der Waals surface area contributed by atoms with Crippen molar-refractivity contribution in [1.82, 2.24) is 4.90 Å². The molecule has 3 rings (SSSR count). The molecular formula is C24H29FN2O3. The van der Waals surface area contributed by atoms with Crippen LogP contribution in [-0.2, 0) is 16.1 Å². The molecule has 0 aromatic heterocycles. The molecule has 2 aromatic rings. The van der Waals surface area contributed by atoms with Crippen molar-refractivity contribution in [2.75, 3.05) is 26.3 Å². The smallest absolute Gasteiger partial charge is 0.145 e. The lowest BCUT2D eigenvalue weighted by atomic mass is 10.00. The molecule has 0 saturated heterocycles. The van der Waals surface area contributed by atoms with E-state index in [1.165, 1.54) is 12.1 Å². The minimum absolute atomic E-state index is 0.130. The number of hydrogen-bond donors (Lipinski definition) is 1. The van der Waals surface area contributed by atoms with Crippen LogP contribution in [0.15, 0.2) is 66.3 Å². The van der Waals surface area contributed by atoms with Gasteiger partial charge in [0.05, 0.1) is 25.0 Å². The molecule has 0 aliphatic carbocycles. The molecule has 1 heterocycles. The molecular weight excluding hydrogens is 383 g/mol. The summed E-state index contributed by atoms with van der Waals surface area (Å²) in [4.78, 5) is 7.75. The van der Waals surface area contributed by atoms with Gasteiger partial charge in [-0.15, -0.1) is 6.58 Å². The number of benzene rings is 2. The first kappa shape index (κ1) is 22.2. The highest BCUT2D eigenvalue weighted by Crippen LogP contribution is 2.21. The summed E-state index contributed by atoms with van der Waals surface area (Å²) in [6.45, 7) is 7.71. The summed E-state index contributed by atoms with van der Waals surface area (Å²) in [7, 11) is 0. The maximum Gasteiger partial charge on any atom is 0.145 e. The second-order valence-electron chi connectivity index (χ2n) is 7.59. The van der Waals surface area contributed by atoms with Crippen LogP contribution in [0.25, 0.3) is 0 Å². The van der Waals surface area contributed by atoms with Crippen molar-refractivity contribution in [2.24, 2.45) is 5.16 Å². The quantitative estimate of drug-likeness (QED) is 0.452. The minimum Gasteiger partial charge on any atom is -0.390 e. The van der Waals surface area contributed by atoms with E-state index in [2.05, 4.69) is 29.6 Å². The van der Waals surface area contributed by atoms with Gasteiger partial charge in [0.25, 0.3) is 0 Å². The first-order chi connectivity index (χ1) is 14.5. The maximum absolute atomic E-state index is 13.6. The Morgan fingerprint density at radius 2 is 2.17 bits per heavy atom. The van der Waals surface area contributed by atoms with Crippen molar-refractivity contribution in [3.63, 3.8) is 0 Å². The summed E-state index contributed by atoms with van der Waals surface area (Å²) >= 11 is 0. The molecule has 0 fully saturated rings. The lowest BCUT2D eigenvalue weighted by molar-refractivity contribution is 0.00334. The highest BCUT2D eigenvalue weighted by atomic mass is 19.1. The van der Waals surface area contributed by atoms with Gasteiger partial charge in [0, 0.05) is 31.6 Å². The van der Waals surface area contributed by atoms with Crippen molar-refractivity contribution in [1.29, 1.82) is 0 Å². The Kier molecular flexibility index (Phi) is 8.13. The number of aliphatic hydroxyl groups excluding tert-OH is 1. The minimum atomic E-state index is -0.670. The van der Waals surface area contributed by atoms with Crippen molar-refractivity contribution in [3.8, 4) is 0 Å². The normalized spacial score (nSPS) is 16.9. The van der Waals surface area contributed by atoms with Crippen LogP contribution in [0.1, 0.15) is 23.1 Å². The van der Waals surface area contributed by atoms with Gasteiger partial charge in [-0.05, 0) is 30.2 Å². The Labute approximate surface area is 177 Å². The monoisotopic (exact) mass is 412 g/mol. The maximum atomic E-state index is 13.6. The van der Waals surface area contributed by atoms with Crippen molar-refractivity contribution < 1.29 is 19.1 Å². The number of aryl methyl sites for hydroxylation is 1. The second-order valence-corrected chi connectivity index (χ2v) is 7.59. The van der Waals surface area contributed by atoms with Crippen LogP contribution in [0, 0.1) is 12.7 Å². The van der Waals surface area contributed by atoms with Gasteiger partial charge in [-0.3, -0.25) is 4.90 Å². The highest BCUT2D eigenvalue weighted by Gasteiger charge is 2.26. The zero-order valence-corrected chi connectivity index (χ0v) is 17.3. The molecule has 0 spiro atoms. The van der Waals surface area contributed by atoms with Crippen LogP contribution < -0.4 is 0 Å². The van der Waals surface area contributed by atoms with E-state index < -0.39 is 6.10 Å². The molecule has 1 N–H and O–H groups in total. The lowest BCUT2D eigenvalue weighted by Gasteiger charge is -2.27. The van der Waals surface area contributed by atoms with E-state index in [1.807, 2.05) is 24.3 Å². The molecule has 5 nitrogen and oxygen atoms in total. The largest absolute Gasteiger partial charge is 0.390 e. The van der Waals surface area contributed by atoms with E-state index in [9.17, 15) is 9.50 Å². The predicted octanol–water partition coefficient (Wildman–Crippen LogP) is 3.69. The molecule has 6 heteroatoms. The van der Waals surface area contributed by atoms with Gasteiger partial charge in [-0.2, -0.15) is 0 Å². The molecule has 0 bridgehead atoms. The Bertz CT molecular complexity index is 871. The fourth-order valence-electron chi connectivity index (χ4n) is 3.61. The molecule has 2 aromatic carbocycles. The fourth-order valence-corrected chi connectivity index (χ4v) is 3.61. The Balaban J connectivity index is 1.63. The van der Waals surface area contributed by atoms with Crippen LogP contribution in [0.2, 0.25) is 0 Å². The molecule has 2 atom stereocenters. The molecule has 30 heavy (non-hydrogen) atoms. The summed E-state index contributed by atoms with van der Waals surface area (Å²) in [6, 6.07) is 14.6. The third kappa shape index (κ3) is 6.49. The highest BCUT2D eigenvalue weighted by molar-refractivity contribution is 6.02. The Hall–Kier alpha value is -2.54. The molecule has 0 amide bonds. The molecule has 1 aliphatic rings. The first-order valence-corrected chi connectivity index (χ1v) is 10.2. The van der Waals surface area contributed by atoms with Gasteiger partial charge in [-0.1, -0.05) is 47.6 Å². The number of hydrogen-bond acceptors (Lipinski definition) is 5. The van der Waals surface area contributed by atoms with Crippen molar-refractivity contribution in [3.05, 3.63) is 83.7 Å². The number of ether oxygens (including phenoxy) is 1. The van der Waals surface area contributed by atoms with Crippen LogP contribution in [0.5, 0.6) is 0 Å². The molecule has 1 aliphatic heterocycles. The Morgan fingerprint density at radius 3 is 2.93 bits per heavy atom. The standard InChI is InChI=1S/C24H29FN2O3/c1-3-11-29-17-21(28)15-27(14-19-8-6-9-20(25)12-19)16-22-13-24(26-30-22)23-10-5-4-7-18(23)2/h3-10,12,21-22,28H,1,11,13-17H2,2H3/t21-,22-/m0/s1. The van der Waals surface area contributed by atoms with Crippen molar-refractivity contribution >= 4 is 5.71 Å². The zero-order chi connectivity index (χ0) is 21.3. The molecule has 0 unspecified atom stereocenters. The van der Waals surface area contributed by atoms with Gasteiger partial charge in [0.2, 0.25) is 0 Å². The Morgan fingerprint density at radius 1 is 1.33 bits per heavy atom. The van der Waals surface area contributed by atoms with Crippen LogP contribution in [0.4, 0.5) is 4.39 Å². The molecule has 0 radical (unpaired) electrons. The number of rotatable bonds is 11. The average Bonchev–Trinajstić information content (AvgIpc) is 3.16. The number of aliphatic hydroxyl groups is 1. The van der Waals surface area contributed by atoms with E-state index in [1.54, 1.807) is 12.1 Å². The van der Waals surface area contributed by atoms with E-state index in [4.69, 9.17) is 9.57 Å². The van der Waals surface area contributed by atoms with Crippen LogP contribution >= 0.6 is 0 Å². The third-order valence-electron chi connectivity index (χ3n) is 4.96. The van der Waals surface area contributed by atoms with Gasteiger partial charge in [0.15, 0.2) is 0 Å². The summed E-state index contributed by atoms with van der Waals surface area (Å²) in [5, 5.41) is 14.7. The van der Waals surface area contributed by atoms with E-state index in [-0.39, 0.29) is 18.5 Å². The second kappa shape index (κ2) is 11.0.